The van der Waals surface area contributed by atoms with Crippen LogP contribution in [-0.4, -0.2) is 29.2 Å². The minimum absolute atomic E-state index is 0.0278. The Morgan fingerprint density at radius 2 is 2.09 bits per heavy atom. The van der Waals surface area contributed by atoms with E-state index in [0.717, 1.165) is 24.2 Å². The number of anilines is 1. The van der Waals surface area contributed by atoms with E-state index in [0.29, 0.717) is 22.4 Å². The second kappa shape index (κ2) is 6.01. The first-order valence-corrected chi connectivity index (χ1v) is 7.64. The maximum atomic E-state index is 12.2. The summed E-state index contributed by atoms with van der Waals surface area (Å²) in [5, 5.41) is 8.25. The second-order valence-electron chi connectivity index (χ2n) is 5.43. The summed E-state index contributed by atoms with van der Waals surface area (Å²) in [5.74, 6) is 1.03. The summed E-state index contributed by atoms with van der Waals surface area (Å²) in [6, 6.07) is 6.80. The molecule has 1 aromatic carbocycles. The molecule has 2 aromatic rings. The van der Waals surface area contributed by atoms with Gasteiger partial charge in [0.25, 0.3) is 0 Å². The summed E-state index contributed by atoms with van der Waals surface area (Å²) in [6.07, 6.45) is 2.32. The number of carbonyl (C=O) groups is 1. The van der Waals surface area contributed by atoms with E-state index in [-0.39, 0.29) is 12.4 Å². The monoisotopic (exact) mass is 319 g/mol. The average Bonchev–Trinajstić information content (AvgIpc) is 3.30. The minimum atomic E-state index is -0.0899. The van der Waals surface area contributed by atoms with Crippen molar-refractivity contribution in [3.63, 3.8) is 0 Å². The zero-order valence-electron chi connectivity index (χ0n) is 12.6. The number of Topliss-reactive ketones (excluding diaryl/α,β-unsaturated/α-hetero) is 1. The molecule has 0 unspecified atom stereocenters. The zero-order chi connectivity index (χ0) is 15.7. The lowest BCUT2D eigenvalue weighted by atomic mass is 10.1. The second-order valence-corrected chi connectivity index (χ2v) is 5.87. The number of hydrogen-bond acceptors (Lipinski definition) is 4. The first-order valence-electron chi connectivity index (χ1n) is 7.26. The van der Waals surface area contributed by atoms with Crippen LogP contribution in [0.5, 0.6) is 5.88 Å². The van der Waals surface area contributed by atoms with Crippen molar-refractivity contribution in [1.82, 2.24) is 9.78 Å². The number of aryl methyl sites for hydroxylation is 1. The third-order valence-corrected chi connectivity index (χ3v) is 3.99. The lowest BCUT2D eigenvalue weighted by Crippen LogP contribution is -2.13. The van der Waals surface area contributed by atoms with Gasteiger partial charge in [0.05, 0.1) is 5.69 Å². The number of benzene rings is 1. The Bertz CT molecular complexity index is 690. The van der Waals surface area contributed by atoms with E-state index in [1.165, 1.54) is 0 Å². The summed E-state index contributed by atoms with van der Waals surface area (Å²) in [5.41, 5.74) is 2.49. The highest BCUT2D eigenvalue weighted by atomic mass is 35.5. The predicted molar refractivity (Wildman–Crippen MR) is 86.0 cm³/mol. The van der Waals surface area contributed by atoms with Crippen LogP contribution in [0, 0.1) is 0 Å². The minimum Gasteiger partial charge on any atom is -0.468 e. The standard InChI is InChI=1S/C16H18ClN3O2/c1-18-15-14(11-3-4-11)19-20(2)16(15)22-9-13(21)10-5-7-12(17)8-6-10/h5-8,11,18H,3-4,9H2,1-2H3. The van der Waals surface area contributed by atoms with E-state index in [1.54, 1.807) is 28.9 Å². The van der Waals surface area contributed by atoms with Gasteiger partial charge in [0, 0.05) is 30.6 Å². The molecule has 1 saturated carbocycles. The number of carbonyl (C=O) groups excluding carboxylic acids is 1. The highest BCUT2D eigenvalue weighted by Crippen LogP contribution is 2.45. The number of nitrogens with one attached hydrogen (secondary N) is 1. The summed E-state index contributed by atoms with van der Waals surface area (Å²) in [6.45, 7) is -0.0278. The largest absolute Gasteiger partial charge is 0.468 e. The molecule has 1 aliphatic carbocycles. The van der Waals surface area contributed by atoms with E-state index < -0.39 is 0 Å². The fourth-order valence-electron chi connectivity index (χ4n) is 2.42. The van der Waals surface area contributed by atoms with Gasteiger partial charge in [-0.05, 0) is 37.1 Å². The number of nitrogens with zero attached hydrogens (tertiary/aromatic N) is 2. The van der Waals surface area contributed by atoms with Crippen molar-refractivity contribution in [2.45, 2.75) is 18.8 Å². The number of hydrogen-bond donors (Lipinski definition) is 1. The van der Waals surface area contributed by atoms with Gasteiger partial charge in [0.1, 0.15) is 5.69 Å². The molecule has 3 rings (SSSR count). The Labute approximate surface area is 134 Å². The van der Waals surface area contributed by atoms with Gasteiger partial charge in [-0.3, -0.25) is 4.79 Å². The van der Waals surface area contributed by atoms with E-state index in [9.17, 15) is 4.79 Å². The van der Waals surface area contributed by atoms with Crippen molar-refractivity contribution < 1.29 is 9.53 Å². The maximum Gasteiger partial charge on any atom is 0.236 e. The number of ether oxygens (including phenoxy) is 1. The fraction of sp³-hybridized carbons (Fsp3) is 0.375. The Kier molecular flexibility index (Phi) is 4.07. The van der Waals surface area contributed by atoms with Gasteiger partial charge >= 0.3 is 0 Å². The number of rotatable bonds is 6. The van der Waals surface area contributed by atoms with Crippen molar-refractivity contribution in [2.24, 2.45) is 7.05 Å². The normalized spacial score (nSPS) is 14.0. The molecule has 1 aromatic heterocycles. The van der Waals surface area contributed by atoms with Crippen LogP contribution in [0.25, 0.3) is 0 Å². The SMILES string of the molecule is CNc1c(C2CC2)nn(C)c1OCC(=O)c1ccc(Cl)cc1. The smallest absolute Gasteiger partial charge is 0.236 e. The number of aromatic nitrogens is 2. The summed E-state index contributed by atoms with van der Waals surface area (Å²) in [4.78, 5) is 12.2. The van der Waals surface area contributed by atoms with E-state index >= 15 is 0 Å². The molecular weight excluding hydrogens is 302 g/mol. The van der Waals surface area contributed by atoms with Crippen LogP contribution >= 0.6 is 11.6 Å². The van der Waals surface area contributed by atoms with Gasteiger partial charge < -0.3 is 10.1 Å². The maximum absolute atomic E-state index is 12.2. The zero-order valence-corrected chi connectivity index (χ0v) is 13.4. The summed E-state index contributed by atoms with van der Waals surface area (Å²) in [7, 11) is 3.67. The van der Waals surface area contributed by atoms with Crippen LogP contribution in [0.15, 0.2) is 24.3 Å². The molecule has 1 fully saturated rings. The third-order valence-electron chi connectivity index (χ3n) is 3.74. The molecule has 116 valence electrons. The molecule has 0 atom stereocenters. The van der Waals surface area contributed by atoms with Crippen molar-refractivity contribution in [3.8, 4) is 5.88 Å². The van der Waals surface area contributed by atoms with E-state index in [4.69, 9.17) is 16.3 Å². The number of ketones is 1. The molecule has 1 N–H and O–H groups in total. The van der Waals surface area contributed by atoms with Crippen LogP contribution in [-0.2, 0) is 7.05 Å². The summed E-state index contributed by atoms with van der Waals surface area (Å²) < 4.78 is 7.41. The predicted octanol–water partition coefficient (Wildman–Crippen LogP) is 3.25. The fourth-order valence-corrected chi connectivity index (χ4v) is 2.55. The Morgan fingerprint density at radius 3 is 2.68 bits per heavy atom. The van der Waals surface area contributed by atoms with Crippen molar-refractivity contribution in [1.29, 1.82) is 0 Å². The lowest BCUT2D eigenvalue weighted by Gasteiger charge is -2.08. The molecule has 0 amide bonds. The molecule has 22 heavy (non-hydrogen) atoms. The molecule has 5 nitrogen and oxygen atoms in total. The number of halogens is 1. The van der Waals surface area contributed by atoms with Crippen molar-refractivity contribution in [3.05, 3.63) is 40.5 Å². The van der Waals surface area contributed by atoms with E-state index in [2.05, 4.69) is 10.4 Å². The van der Waals surface area contributed by atoms with Gasteiger partial charge in [-0.1, -0.05) is 11.6 Å². The first kappa shape index (κ1) is 14.9. The van der Waals surface area contributed by atoms with Gasteiger partial charge in [-0.25, -0.2) is 4.68 Å². The molecule has 1 heterocycles. The molecular formula is C16H18ClN3O2. The van der Waals surface area contributed by atoms with Crippen LogP contribution in [0.3, 0.4) is 0 Å². The van der Waals surface area contributed by atoms with Crippen LogP contribution in [0.2, 0.25) is 5.02 Å². The van der Waals surface area contributed by atoms with Crippen LogP contribution < -0.4 is 10.1 Å². The third kappa shape index (κ3) is 2.95. The Hall–Kier alpha value is -2.01. The molecule has 0 aliphatic heterocycles. The molecule has 0 spiro atoms. The topological polar surface area (TPSA) is 56.1 Å². The van der Waals surface area contributed by atoms with Gasteiger partial charge in [-0.15, -0.1) is 0 Å². The van der Waals surface area contributed by atoms with Crippen molar-refractivity contribution >= 4 is 23.1 Å². The van der Waals surface area contributed by atoms with Crippen molar-refractivity contribution in [2.75, 3.05) is 19.0 Å². The van der Waals surface area contributed by atoms with Crippen LogP contribution in [0.1, 0.15) is 34.8 Å². The molecule has 0 saturated heterocycles. The molecule has 1 aliphatic rings. The quantitative estimate of drug-likeness (QED) is 0.830. The lowest BCUT2D eigenvalue weighted by molar-refractivity contribution is 0.0915. The highest BCUT2D eigenvalue weighted by Gasteiger charge is 2.31. The van der Waals surface area contributed by atoms with Gasteiger partial charge in [0.15, 0.2) is 12.4 Å². The Morgan fingerprint density at radius 1 is 1.41 bits per heavy atom. The first-order chi connectivity index (χ1) is 10.6. The molecule has 0 bridgehead atoms. The Balaban J connectivity index is 1.73. The molecule has 6 heteroatoms. The van der Waals surface area contributed by atoms with Gasteiger partial charge in [-0.2, -0.15) is 5.10 Å². The van der Waals surface area contributed by atoms with Crippen LogP contribution in [0.4, 0.5) is 5.69 Å². The van der Waals surface area contributed by atoms with E-state index in [1.807, 2.05) is 14.1 Å². The molecule has 0 radical (unpaired) electrons. The highest BCUT2D eigenvalue weighted by molar-refractivity contribution is 6.30. The summed E-state index contributed by atoms with van der Waals surface area (Å²) >= 11 is 5.83. The average molecular weight is 320 g/mol. The van der Waals surface area contributed by atoms with Gasteiger partial charge in [0.2, 0.25) is 5.88 Å².